The minimum Gasteiger partial charge on any atom is -0.475 e. The molecule has 1 atom stereocenters. The third-order valence-corrected chi connectivity index (χ3v) is 3.15. The number of hydrogen-bond donors (Lipinski definition) is 3. The summed E-state index contributed by atoms with van der Waals surface area (Å²) in [5, 5.41) is 26.4. The van der Waals surface area contributed by atoms with Crippen LogP contribution in [-0.4, -0.2) is 39.8 Å². The van der Waals surface area contributed by atoms with Crippen LogP contribution in [0.1, 0.15) is 21.9 Å². The van der Waals surface area contributed by atoms with Crippen molar-refractivity contribution in [2.75, 3.05) is 12.4 Å². The molecule has 1 aromatic rings. The highest BCUT2D eigenvalue weighted by Gasteiger charge is 2.13. The van der Waals surface area contributed by atoms with E-state index in [0.717, 1.165) is 5.56 Å². The van der Waals surface area contributed by atoms with E-state index in [9.17, 15) is 4.79 Å². The summed E-state index contributed by atoms with van der Waals surface area (Å²) in [7, 11) is 0. The normalized spacial score (nSPS) is 12.7. The molecular weight excluding hydrogens is 232 g/mol. The Balaban J connectivity index is 2.51. The van der Waals surface area contributed by atoms with Gasteiger partial charge in [-0.1, -0.05) is 0 Å². The van der Waals surface area contributed by atoms with Crippen molar-refractivity contribution >= 4 is 17.7 Å². The number of carboxylic acids is 1. The smallest absolute Gasteiger partial charge is 0.371 e. The molecule has 0 aliphatic rings. The second-order valence-corrected chi connectivity index (χ2v) is 4.38. The Morgan fingerprint density at radius 3 is 2.81 bits per heavy atom. The van der Waals surface area contributed by atoms with E-state index in [0.29, 0.717) is 17.3 Å². The van der Waals surface area contributed by atoms with Gasteiger partial charge in [0.1, 0.15) is 5.76 Å². The summed E-state index contributed by atoms with van der Waals surface area (Å²) < 4.78 is 5.04. The van der Waals surface area contributed by atoms with Crippen LogP contribution < -0.4 is 0 Å². The van der Waals surface area contributed by atoms with Crippen LogP contribution in [0.15, 0.2) is 10.5 Å². The van der Waals surface area contributed by atoms with E-state index in [4.69, 9.17) is 19.7 Å². The fourth-order valence-electron chi connectivity index (χ4n) is 1.13. The first kappa shape index (κ1) is 13.1. The number of hydrogen-bond acceptors (Lipinski definition) is 5. The van der Waals surface area contributed by atoms with Gasteiger partial charge in [-0.05, 0) is 13.0 Å². The maximum atomic E-state index is 10.6. The van der Waals surface area contributed by atoms with Gasteiger partial charge in [-0.15, -0.1) is 0 Å². The second kappa shape index (κ2) is 5.93. The minimum atomic E-state index is -1.09. The fraction of sp³-hybridized carbons (Fsp3) is 0.500. The molecule has 3 N–H and O–H groups in total. The van der Waals surface area contributed by atoms with Crippen molar-refractivity contribution in [2.45, 2.75) is 18.8 Å². The van der Waals surface area contributed by atoms with Crippen molar-refractivity contribution in [1.82, 2.24) is 0 Å². The molecule has 0 aromatic carbocycles. The van der Waals surface area contributed by atoms with Crippen LogP contribution in [0.5, 0.6) is 0 Å². The highest BCUT2D eigenvalue weighted by Crippen LogP contribution is 2.20. The van der Waals surface area contributed by atoms with Crippen molar-refractivity contribution in [3.8, 4) is 0 Å². The van der Waals surface area contributed by atoms with Crippen molar-refractivity contribution in [1.29, 1.82) is 0 Å². The van der Waals surface area contributed by atoms with Gasteiger partial charge in [0.15, 0.2) is 0 Å². The zero-order valence-corrected chi connectivity index (χ0v) is 9.66. The lowest BCUT2D eigenvalue weighted by atomic mass is 10.3. The van der Waals surface area contributed by atoms with Gasteiger partial charge < -0.3 is 19.7 Å². The molecule has 0 amide bonds. The first-order valence-electron chi connectivity index (χ1n) is 4.74. The number of aryl methyl sites for hydroxylation is 1. The van der Waals surface area contributed by atoms with Crippen LogP contribution in [0.4, 0.5) is 0 Å². The molecule has 1 heterocycles. The quantitative estimate of drug-likeness (QED) is 0.690. The van der Waals surface area contributed by atoms with E-state index in [1.165, 1.54) is 17.8 Å². The van der Waals surface area contributed by atoms with Gasteiger partial charge in [-0.2, -0.15) is 11.8 Å². The largest absolute Gasteiger partial charge is 0.475 e. The number of aromatic carboxylic acids is 1. The summed E-state index contributed by atoms with van der Waals surface area (Å²) in [6.07, 6.45) is -0.740. The summed E-state index contributed by atoms with van der Waals surface area (Å²) in [4.78, 5) is 10.6. The average Bonchev–Trinajstić information content (AvgIpc) is 2.60. The van der Waals surface area contributed by atoms with E-state index < -0.39 is 12.1 Å². The van der Waals surface area contributed by atoms with Crippen LogP contribution >= 0.6 is 11.8 Å². The number of aliphatic hydroxyl groups excluding tert-OH is 2. The molecule has 1 unspecified atom stereocenters. The summed E-state index contributed by atoms with van der Waals surface area (Å²) in [5.74, 6) is 0.373. The van der Waals surface area contributed by atoms with Gasteiger partial charge in [-0.25, -0.2) is 4.79 Å². The summed E-state index contributed by atoms with van der Waals surface area (Å²) >= 11 is 1.42. The highest BCUT2D eigenvalue weighted by molar-refractivity contribution is 7.98. The van der Waals surface area contributed by atoms with E-state index >= 15 is 0 Å². The molecule has 6 heteroatoms. The lowest BCUT2D eigenvalue weighted by Gasteiger charge is -2.05. The lowest BCUT2D eigenvalue weighted by molar-refractivity contribution is 0.0661. The number of furan rings is 1. The molecule has 1 aromatic heterocycles. The van der Waals surface area contributed by atoms with Gasteiger partial charge in [0, 0.05) is 17.1 Å². The maximum absolute atomic E-state index is 10.6. The molecular formula is C10H14O5S. The van der Waals surface area contributed by atoms with Gasteiger partial charge in [0.05, 0.1) is 12.7 Å². The summed E-state index contributed by atoms with van der Waals surface area (Å²) in [5.41, 5.74) is 0.799. The standard InChI is InChI=1S/C10H14O5S/c1-6-7(2-9(15-6)10(13)14)4-16-5-8(12)3-11/h2,8,11-12H,3-5H2,1H3,(H,13,14). The number of carboxylic acid groups (broad SMARTS) is 1. The molecule has 0 saturated heterocycles. The zero-order valence-electron chi connectivity index (χ0n) is 8.84. The molecule has 0 spiro atoms. The highest BCUT2D eigenvalue weighted by atomic mass is 32.2. The van der Waals surface area contributed by atoms with Crippen LogP contribution in [0.3, 0.4) is 0 Å². The zero-order chi connectivity index (χ0) is 12.1. The molecule has 5 nitrogen and oxygen atoms in total. The van der Waals surface area contributed by atoms with Crippen LogP contribution in [0, 0.1) is 6.92 Å². The van der Waals surface area contributed by atoms with Gasteiger partial charge >= 0.3 is 5.97 Å². The summed E-state index contributed by atoms with van der Waals surface area (Å²) in [6.45, 7) is 1.43. The average molecular weight is 246 g/mol. The van der Waals surface area contributed by atoms with Crippen molar-refractivity contribution in [3.05, 3.63) is 23.2 Å². The molecule has 0 radical (unpaired) electrons. The Kier molecular flexibility index (Phi) is 4.85. The van der Waals surface area contributed by atoms with Crippen LogP contribution in [0.25, 0.3) is 0 Å². The Morgan fingerprint density at radius 1 is 1.62 bits per heavy atom. The third kappa shape index (κ3) is 3.55. The topological polar surface area (TPSA) is 90.9 Å². The number of carbonyl (C=O) groups is 1. The molecule has 0 fully saturated rings. The molecule has 0 saturated carbocycles. The summed E-state index contributed by atoms with van der Waals surface area (Å²) in [6, 6.07) is 1.48. The fourth-order valence-corrected chi connectivity index (χ4v) is 2.13. The first-order chi connectivity index (χ1) is 7.54. The molecule has 1 rings (SSSR count). The van der Waals surface area contributed by atoms with Crippen molar-refractivity contribution in [2.24, 2.45) is 0 Å². The molecule has 0 bridgehead atoms. The van der Waals surface area contributed by atoms with E-state index in [1.54, 1.807) is 6.92 Å². The van der Waals surface area contributed by atoms with Gasteiger partial charge in [0.2, 0.25) is 5.76 Å². The van der Waals surface area contributed by atoms with Crippen molar-refractivity contribution < 1.29 is 24.5 Å². The number of aliphatic hydroxyl groups is 2. The van der Waals surface area contributed by atoms with Crippen molar-refractivity contribution in [3.63, 3.8) is 0 Å². The lowest BCUT2D eigenvalue weighted by Crippen LogP contribution is -2.14. The Morgan fingerprint density at radius 2 is 2.31 bits per heavy atom. The second-order valence-electron chi connectivity index (χ2n) is 3.35. The van der Waals surface area contributed by atoms with E-state index in [-0.39, 0.29) is 12.4 Å². The first-order valence-corrected chi connectivity index (χ1v) is 5.89. The van der Waals surface area contributed by atoms with E-state index in [1.807, 2.05) is 0 Å². The Hall–Kier alpha value is -0.980. The monoisotopic (exact) mass is 246 g/mol. The molecule has 0 aliphatic carbocycles. The maximum Gasteiger partial charge on any atom is 0.371 e. The molecule has 16 heavy (non-hydrogen) atoms. The van der Waals surface area contributed by atoms with Crippen LogP contribution in [-0.2, 0) is 5.75 Å². The molecule has 0 aliphatic heterocycles. The third-order valence-electron chi connectivity index (χ3n) is 2.01. The van der Waals surface area contributed by atoms with Gasteiger partial charge in [-0.3, -0.25) is 0 Å². The minimum absolute atomic E-state index is 0.0733. The van der Waals surface area contributed by atoms with Gasteiger partial charge in [0.25, 0.3) is 0 Å². The predicted molar refractivity (Wildman–Crippen MR) is 59.7 cm³/mol. The Bertz CT molecular complexity index is 360. The predicted octanol–water partition coefficient (Wildman–Crippen LogP) is 0.873. The van der Waals surface area contributed by atoms with E-state index in [2.05, 4.69) is 0 Å². The SMILES string of the molecule is Cc1oc(C(=O)O)cc1CSCC(O)CO. The molecule has 90 valence electrons. The van der Waals surface area contributed by atoms with Crippen LogP contribution in [0.2, 0.25) is 0 Å². The number of thioether (sulfide) groups is 1. The number of rotatable bonds is 6. The Labute approximate surface area is 97.1 Å².